The van der Waals surface area contributed by atoms with E-state index in [1.807, 2.05) is 36.8 Å². The number of nitrogens with one attached hydrogen (secondary N) is 1. The van der Waals surface area contributed by atoms with Gasteiger partial charge in [0.05, 0.1) is 5.60 Å². The molecule has 1 spiro atoms. The molecule has 2 aliphatic rings. The second kappa shape index (κ2) is 6.87. The standard InChI is InChI=1S/C19H24N4O/c1-2-8-21-18(3-1)22-17-6-12-24-19(13-17)7-11-23(15-19)14-16-4-9-20-10-5-16/h1-5,8-10,17H,6-7,11-15H2,(H,21,22)/t17-,19-/m0/s1. The maximum atomic E-state index is 6.25. The predicted octanol–water partition coefficient (Wildman–Crippen LogP) is 2.71. The Morgan fingerprint density at radius 2 is 2.12 bits per heavy atom. The molecule has 2 aromatic heterocycles. The van der Waals surface area contributed by atoms with E-state index in [4.69, 9.17) is 4.74 Å². The van der Waals surface area contributed by atoms with Crippen molar-refractivity contribution in [2.75, 3.05) is 25.0 Å². The molecule has 126 valence electrons. The van der Waals surface area contributed by atoms with Gasteiger partial charge in [-0.25, -0.2) is 4.98 Å². The second-order valence-corrected chi connectivity index (χ2v) is 6.90. The van der Waals surface area contributed by atoms with E-state index >= 15 is 0 Å². The molecule has 1 N–H and O–H groups in total. The van der Waals surface area contributed by atoms with Crippen LogP contribution in [0.15, 0.2) is 48.9 Å². The van der Waals surface area contributed by atoms with Gasteiger partial charge in [-0.05, 0) is 49.1 Å². The predicted molar refractivity (Wildman–Crippen MR) is 93.7 cm³/mol. The van der Waals surface area contributed by atoms with Gasteiger partial charge in [-0.3, -0.25) is 9.88 Å². The molecule has 2 aliphatic heterocycles. The van der Waals surface area contributed by atoms with Gasteiger partial charge >= 0.3 is 0 Å². The zero-order chi connectivity index (χ0) is 16.2. The molecule has 2 aromatic rings. The number of anilines is 1. The lowest BCUT2D eigenvalue weighted by Gasteiger charge is -2.38. The highest BCUT2D eigenvalue weighted by Crippen LogP contribution is 2.35. The van der Waals surface area contributed by atoms with E-state index in [0.29, 0.717) is 6.04 Å². The molecular weight excluding hydrogens is 300 g/mol. The van der Waals surface area contributed by atoms with Crippen molar-refractivity contribution >= 4 is 5.82 Å². The summed E-state index contributed by atoms with van der Waals surface area (Å²) in [5.41, 5.74) is 1.32. The topological polar surface area (TPSA) is 50.3 Å². The third-order valence-electron chi connectivity index (χ3n) is 5.06. The number of likely N-dealkylation sites (tertiary alicyclic amines) is 1. The van der Waals surface area contributed by atoms with Gasteiger partial charge in [0.2, 0.25) is 0 Å². The van der Waals surface area contributed by atoms with Crippen LogP contribution >= 0.6 is 0 Å². The third kappa shape index (κ3) is 3.57. The van der Waals surface area contributed by atoms with Gasteiger partial charge in [-0.2, -0.15) is 0 Å². The van der Waals surface area contributed by atoms with Crippen LogP contribution < -0.4 is 5.32 Å². The maximum absolute atomic E-state index is 6.25. The van der Waals surface area contributed by atoms with Crippen LogP contribution in [0, 0.1) is 0 Å². The summed E-state index contributed by atoms with van der Waals surface area (Å²) in [5, 5.41) is 3.58. The molecule has 5 heteroatoms. The summed E-state index contributed by atoms with van der Waals surface area (Å²) in [5.74, 6) is 0.964. The largest absolute Gasteiger partial charge is 0.373 e. The Labute approximate surface area is 143 Å². The molecule has 0 bridgehead atoms. The van der Waals surface area contributed by atoms with Crippen molar-refractivity contribution in [3.63, 3.8) is 0 Å². The van der Waals surface area contributed by atoms with Gasteiger partial charge in [-0.1, -0.05) is 6.07 Å². The number of nitrogens with zero attached hydrogens (tertiary/aromatic N) is 3. The van der Waals surface area contributed by atoms with Crippen LogP contribution in [0.5, 0.6) is 0 Å². The molecule has 0 aromatic carbocycles. The van der Waals surface area contributed by atoms with Crippen LogP contribution in [-0.4, -0.2) is 46.2 Å². The quantitative estimate of drug-likeness (QED) is 0.937. The molecule has 2 saturated heterocycles. The van der Waals surface area contributed by atoms with Crippen molar-refractivity contribution in [3.05, 3.63) is 54.5 Å². The van der Waals surface area contributed by atoms with Crippen LogP contribution in [0.3, 0.4) is 0 Å². The number of rotatable bonds is 4. The van der Waals surface area contributed by atoms with Gasteiger partial charge in [0.25, 0.3) is 0 Å². The molecule has 0 amide bonds. The molecule has 2 fully saturated rings. The van der Waals surface area contributed by atoms with Crippen LogP contribution in [-0.2, 0) is 11.3 Å². The zero-order valence-corrected chi connectivity index (χ0v) is 13.9. The first kappa shape index (κ1) is 15.5. The number of ether oxygens (including phenoxy) is 1. The van der Waals surface area contributed by atoms with Gasteiger partial charge in [0, 0.05) is 50.9 Å². The lowest BCUT2D eigenvalue weighted by molar-refractivity contribution is -0.0737. The highest BCUT2D eigenvalue weighted by atomic mass is 16.5. The average molecular weight is 324 g/mol. The van der Waals surface area contributed by atoms with Crippen LogP contribution in [0.1, 0.15) is 24.8 Å². The Hall–Kier alpha value is -1.98. The number of hydrogen-bond donors (Lipinski definition) is 1. The molecule has 0 unspecified atom stereocenters. The van der Waals surface area contributed by atoms with Crippen molar-refractivity contribution in [1.82, 2.24) is 14.9 Å². The van der Waals surface area contributed by atoms with Crippen LogP contribution in [0.4, 0.5) is 5.82 Å². The monoisotopic (exact) mass is 324 g/mol. The van der Waals surface area contributed by atoms with Crippen molar-refractivity contribution in [1.29, 1.82) is 0 Å². The number of aromatic nitrogens is 2. The maximum Gasteiger partial charge on any atom is 0.126 e. The second-order valence-electron chi connectivity index (χ2n) is 6.90. The fourth-order valence-electron chi connectivity index (χ4n) is 3.90. The Bertz CT molecular complexity index is 651. The van der Waals surface area contributed by atoms with Gasteiger partial charge < -0.3 is 10.1 Å². The summed E-state index contributed by atoms with van der Waals surface area (Å²) in [7, 11) is 0. The number of pyridine rings is 2. The molecule has 0 saturated carbocycles. The fraction of sp³-hybridized carbons (Fsp3) is 0.474. The summed E-state index contributed by atoms with van der Waals surface area (Å²) >= 11 is 0. The zero-order valence-electron chi connectivity index (χ0n) is 13.9. The Morgan fingerprint density at radius 1 is 1.21 bits per heavy atom. The summed E-state index contributed by atoms with van der Waals surface area (Å²) in [6, 6.07) is 10.6. The smallest absolute Gasteiger partial charge is 0.126 e. The minimum absolute atomic E-state index is 0.00225. The van der Waals surface area contributed by atoms with E-state index in [0.717, 1.165) is 51.3 Å². The van der Waals surface area contributed by atoms with Crippen molar-refractivity contribution in [2.24, 2.45) is 0 Å². The van der Waals surface area contributed by atoms with Gasteiger partial charge in [-0.15, -0.1) is 0 Å². The van der Waals surface area contributed by atoms with E-state index < -0.39 is 0 Å². The average Bonchev–Trinajstić information content (AvgIpc) is 2.98. The van der Waals surface area contributed by atoms with Gasteiger partial charge in [0.1, 0.15) is 5.82 Å². The fourth-order valence-corrected chi connectivity index (χ4v) is 3.90. The Morgan fingerprint density at radius 3 is 2.96 bits per heavy atom. The highest BCUT2D eigenvalue weighted by molar-refractivity contribution is 5.34. The van der Waals surface area contributed by atoms with Crippen molar-refractivity contribution < 1.29 is 4.74 Å². The molecule has 5 nitrogen and oxygen atoms in total. The molecule has 4 rings (SSSR count). The van der Waals surface area contributed by atoms with Crippen molar-refractivity contribution in [3.8, 4) is 0 Å². The first-order valence-electron chi connectivity index (χ1n) is 8.74. The lowest BCUT2D eigenvalue weighted by Crippen LogP contribution is -2.46. The highest BCUT2D eigenvalue weighted by Gasteiger charge is 2.43. The van der Waals surface area contributed by atoms with E-state index in [1.165, 1.54) is 5.56 Å². The Kier molecular flexibility index (Phi) is 4.45. The van der Waals surface area contributed by atoms with Gasteiger partial charge in [0.15, 0.2) is 0 Å². The van der Waals surface area contributed by atoms with E-state index in [9.17, 15) is 0 Å². The number of hydrogen-bond acceptors (Lipinski definition) is 5. The van der Waals surface area contributed by atoms with E-state index in [-0.39, 0.29) is 5.60 Å². The minimum atomic E-state index is -0.00225. The molecular formula is C19H24N4O. The molecule has 2 atom stereocenters. The lowest BCUT2D eigenvalue weighted by atomic mass is 9.89. The third-order valence-corrected chi connectivity index (χ3v) is 5.06. The van der Waals surface area contributed by atoms with Crippen LogP contribution in [0.2, 0.25) is 0 Å². The van der Waals surface area contributed by atoms with Crippen molar-refractivity contribution in [2.45, 2.75) is 37.5 Å². The molecule has 0 aliphatic carbocycles. The summed E-state index contributed by atoms with van der Waals surface area (Å²) < 4.78 is 6.25. The first-order chi connectivity index (χ1) is 11.8. The molecule has 4 heterocycles. The SMILES string of the molecule is c1ccc(N[C@H]2CCO[C@@]3(CCN(Cc4ccncc4)C3)C2)nc1. The normalized spacial score (nSPS) is 27.4. The Balaban J connectivity index is 1.37. The van der Waals surface area contributed by atoms with E-state index in [1.54, 1.807) is 0 Å². The molecule has 24 heavy (non-hydrogen) atoms. The summed E-state index contributed by atoms with van der Waals surface area (Å²) in [6.07, 6.45) is 8.78. The summed E-state index contributed by atoms with van der Waals surface area (Å²) in [4.78, 5) is 11.0. The minimum Gasteiger partial charge on any atom is -0.373 e. The molecule has 0 radical (unpaired) electrons. The first-order valence-corrected chi connectivity index (χ1v) is 8.74. The van der Waals surface area contributed by atoms with E-state index in [2.05, 4.69) is 32.3 Å². The van der Waals surface area contributed by atoms with Crippen LogP contribution in [0.25, 0.3) is 0 Å². The summed E-state index contributed by atoms with van der Waals surface area (Å²) in [6.45, 7) is 3.91.